The molecule has 2 aliphatic heterocycles. The summed E-state index contributed by atoms with van der Waals surface area (Å²) in [7, 11) is 0. The molecule has 2 heterocycles. The Labute approximate surface area is 168 Å². The summed E-state index contributed by atoms with van der Waals surface area (Å²) < 4.78 is 14.0. The van der Waals surface area contributed by atoms with Crippen molar-refractivity contribution in [3.8, 4) is 0 Å². The molecule has 0 bridgehead atoms. The first-order valence-corrected chi connectivity index (χ1v) is 10.9. The Balaban J connectivity index is 1.54. The molecule has 0 radical (unpaired) electrons. The van der Waals surface area contributed by atoms with Gasteiger partial charge in [-0.1, -0.05) is 42.4 Å². The van der Waals surface area contributed by atoms with Crippen molar-refractivity contribution in [2.45, 2.75) is 56.9 Å². The number of hydrogen-bond acceptors (Lipinski definition) is 5. The Morgan fingerprint density at radius 1 is 1.41 bits per heavy atom. The van der Waals surface area contributed by atoms with E-state index in [-0.39, 0.29) is 24.2 Å². The fraction of sp³-hybridized carbons (Fsp3) is 0.579. The molecule has 4 unspecified atom stereocenters. The van der Waals surface area contributed by atoms with Gasteiger partial charge in [0.15, 0.2) is 11.5 Å². The number of hydrogen-bond donors (Lipinski definition) is 1. The zero-order valence-corrected chi connectivity index (χ0v) is 16.8. The molecular formula is C19H24ClFN4OS. The third kappa shape index (κ3) is 3.63. The molecule has 146 valence electrons. The number of rotatable bonds is 4. The summed E-state index contributed by atoms with van der Waals surface area (Å²) in [6, 6.07) is 7.81. The van der Waals surface area contributed by atoms with E-state index in [2.05, 4.69) is 15.4 Å². The first-order chi connectivity index (χ1) is 13.1. The molecule has 5 nitrogen and oxygen atoms in total. The lowest BCUT2D eigenvalue weighted by molar-refractivity contribution is -0.156. The molecule has 2 fully saturated rings. The second-order valence-electron chi connectivity index (χ2n) is 7.34. The number of hydrazone groups is 1. The van der Waals surface area contributed by atoms with Crippen molar-refractivity contribution in [3.05, 3.63) is 34.9 Å². The lowest BCUT2D eigenvalue weighted by Gasteiger charge is -2.50. The summed E-state index contributed by atoms with van der Waals surface area (Å²) in [5, 5.41) is 6.12. The Kier molecular flexibility index (Phi) is 5.50. The lowest BCUT2D eigenvalue weighted by Crippen LogP contribution is -2.67. The third-order valence-corrected chi connectivity index (χ3v) is 6.76. The second-order valence-corrected chi connectivity index (χ2v) is 8.72. The highest BCUT2D eigenvalue weighted by Gasteiger charge is 2.52. The number of amides is 1. The topological polar surface area (TPSA) is 47.9 Å². The number of fused-ring (bicyclic) bond motifs is 3. The first kappa shape index (κ1) is 18.9. The van der Waals surface area contributed by atoms with Crippen LogP contribution >= 0.6 is 23.4 Å². The molecule has 0 spiro atoms. The van der Waals surface area contributed by atoms with Crippen molar-refractivity contribution in [1.82, 2.24) is 15.2 Å². The van der Waals surface area contributed by atoms with Crippen molar-refractivity contribution in [2.24, 2.45) is 11.0 Å². The Morgan fingerprint density at radius 3 is 3.04 bits per heavy atom. The average Bonchev–Trinajstić information content (AvgIpc) is 3.07. The van der Waals surface area contributed by atoms with Gasteiger partial charge < -0.3 is 9.80 Å². The summed E-state index contributed by atoms with van der Waals surface area (Å²) in [5.74, 6) is 0.525. The standard InChI is InChI=1S/C19H24ClFN4OS/c1-2-8-24-17(26)15-10-14(21)6-7-16(15)25-18(24)22-23-19(25)27-11-12-4-3-5-13(20)9-12/h3-5,9,14-16,18,22H,2,6-8,10-11H2,1H3. The van der Waals surface area contributed by atoms with Crippen LogP contribution in [0.2, 0.25) is 5.02 Å². The monoisotopic (exact) mass is 410 g/mol. The third-order valence-electron chi connectivity index (χ3n) is 5.48. The van der Waals surface area contributed by atoms with Crippen molar-refractivity contribution in [3.63, 3.8) is 0 Å². The summed E-state index contributed by atoms with van der Waals surface area (Å²) in [4.78, 5) is 17.0. The molecule has 4 rings (SSSR count). The van der Waals surface area contributed by atoms with Crippen LogP contribution in [0.4, 0.5) is 4.39 Å². The minimum atomic E-state index is -0.884. The van der Waals surface area contributed by atoms with Gasteiger partial charge in [-0.15, -0.1) is 0 Å². The van der Waals surface area contributed by atoms with Crippen LogP contribution in [0.1, 0.15) is 38.2 Å². The fourth-order valence-corrected chi connectivity index (χ4v) is 5.46. The van der Waals surface area contributed by atoms with Crippen molar-refractivity contribution in [1.29, 1.82) is 0 Å². The molecular weight excluding hydrogens is 387 g/mol. The van der Waals surface area contributed by atoms with Crippen LogP contribution in [0.5, 0.6) is 0 Å². The Morgan fingerprint density at radius 2 is 2.26 bits per heavy atom. The number of alkyl halides is 1. The molecule has 1 saturated heterocycles. The summed E-state index contributed by atoms with van der Waals surface area (Å²) in [6.45, 7) is 2.70. The van der Waals surface area contributed by atoms with Crippen molar-refractivity contribution >= 4 is 34.4 Å². The van der Waals surface area contributed by atoms with E-state index in [1.807, 2.05) is 36.1 Å². The number of thioether (sulfide) groups is 1. The van der Waals surface area contributed by atoms with E-state index >= 15 is 0 Å². The number of benzene rings is 1. The van der Waals surface area contributed by atoms with Crippen molar-refractivity contribution < 1.29 is 9.18 Å². The normalized spacial score (nSPS) is 29.9. The van der Waals surface area contributed by atoms with E-state index in [1.54, 1.807) is 11.8 Å². The van der Waals surface area contributed by atoms with Gasteiger partial charge in [0, 0.05) is 23.4 Å². The molecule has 1 saturated carbocycles. The average molecular weight is 411 g/mol. The van der Waals surface area contributed by atoms with Crippen LogP contribution in [-0.2, 0) is 10.5 Å². The molecule has 0 aromatic heterocycles. The lowest BCUT2D eigenvalue weighted by atomic mass is 9.80. The van der Waals surface area contributed by atoms with Gasteiger partial charge in [0.25, 0.3) is 0 Å². The molecule has 27 heavy (non-hydrogen) atoms. The Bertz CT molecular complexity index is 748. The molecule has 1 aliphatic carbocycles. The summed E-state index contributed by atoms with van der Waals surface area (Å²) in [6.07, 6.45) is 1.24. The maximum absolute atomic E-state index is 14.0. The van der Waals surface area contributed by atoms with Gasteiger partial charge in [-0.25, -0.2) is 4.39 Å². The highest BCUT2D eigenvalue weighted by molar-refractivity contribution is 8.13. The number of carbonyl (C=O) groups is 1. The van der Waals surface area contributed by atoms with Crippen molar-refractivity contribution in [2.75, 3.05) is 6.54 Å². The van der Waals surface area contributed by atoms with E-state index < -0.39 is 6.17 Å². The largest absolute Gasteiger partial charge is 0.307 e. The number of carbonyl (C=O) groups excluding carboxylic acids is 1. The first-order valence-electron chi connectivity index (χ1n) is 9.52. The van der Waals surface area contributed by atoms with E-state index in [9.17, 15) is 9.18 Å². The maximum atomic E-state index is 14.0. The van der Waals surface area contributed by atoms with Crippen LogP contribution in [-0.4, -0.2) is 45.9 Å². The number of nitrogens with one attached hydrogen (secondary N) is 1. The van der Waals surface area contributed by atoms with E-state index in [0.29, 0.717) is 25.8 Å². The minimum absolute atomic E-state index is 0.0169. The SMILES string of the molecule is CCCN1C(=O)C2CC(F)CCC2N2C(SCc3cccc(Cl)c3)=NNC12. The molecule has 4 atom stereocenters. The minimum Gasteiger partial charge on any atom is -0.307 e. The molecule has 1 N–H and O–H groups in total. The van der Waals surface area contributed by atoms with Gasteiger partial charge in [0.2, 0.25) is 5.91 Å². The predicted octanol–water partition coefficient (Wildman–Crippen LogP) is 3.79. The van der Waals surface area contributed by atoms with Gasteiger partial charge in [-0.3, -0.25) is 10.2 Å². The maximum Gasteiger partial charge on any atom is 0.230 e. The van der Waals surface area contributed by atoms with Gasteiger partial charge >= 0.3 is 0 Å². The quantitative estimate of drug-likeness (QED) is 0.820. The van der Waals surface area contributed by atoms with Gasteiger partial charge in [-0.2, -0.15) is 5.10 Å². The van der Waals surface area contributed by atoms with E-state index in [1.165, 1.54) is 0 Å². The van der Waals surface area contributed by atoms with Crippen LogP contribution in [0, 0.1) is 5.92 Å². The second kappa shape index (κ2) is 7.87. The molecule has 8 heteroatoms. The zero-order chi connectivity index (χ0) is 19.0. The molecule has 3 aliphatic rings. The van der Waals surface area contributed by atoms with Crippen LogP contribution < -0.4 is 5.43 Å². The highest BCUT2D eigenvalue weighted by atomic mass is 35.5. The Hall–Kier alpha value is -1.47. The van der Waals surface area contributed by atoms with E-state index in [0.717, 1.165) is 27.9 Å². The van der Waals surface area contributed by atoms with Crippen LogP contribution in [0.25, 0.3) is 0 Å². The number of nitrogens with zero attached hydrogens (tertiary/aromatic N) is 3. The molecule has 1 aromatic rings. The molecule has 1 amide bonds. The zero-order valence-electron chi connectivity index (χ0n) is 15.3. The van der Waals surface area contributed by atoms with Gasteiger partial charge in [-0.05, 0) is 43.4 Å². The number of amidine groups is 1. The fourth-order valence-electron chi connectivity index (χ4n) is 4.27. The van der Waals surface area contributed by atoms with E-state index in [4.69, 9.17) is 11.6 Å². The molecule has 1 aromatic carbocycles. The van der Waals surface area contributed by atoms with Crippen LogP contribution in [0.3, 0.4) is 0 Å². The summed E-state index contributed by atoms with van der Waals surface area (Å²) in [5.41, 5.74) is 4.27. The highest BCUT2D eigenvalue weighted by Crippen LogP contribution is 2.40. The van der Waals surface area contributed by atoms with Gasteiger partial charge in [0.1, 0.15) is 6.17 Å². The smallest absolute Gasteiger partial charge is 0.230 e. The number of halogens is 2. The van der Waals surface area contributed by atoms with Gasteiger partial charge in [0.05, 0.1) is 5.92 Å². The van der Waals surface area contributed by atoms with Crippen LogP contribution in [0.15, 0.2) is 29.4 Å². The summed E-state index contributed by atoms with van der Waals surface area (Å²) >= 11 is 7.72. The predicted molar refractivity (Wildman–Crippen MR) is 107 cm³/mol.